The van der Waals surface area contributed by atoms with Gasteiger partial charge in [0.05, 0.1) is 0 Å². The second kappa shape index (κ2) is 5.55. The molecule has 6 nitrogen and oxygen atoms in total. The molecular formula is C9H16N2O4. The summed E-state index contributed by atoms with van der Waals surface area (Å²) in [6.45, 7) is 2.67. The van der Waals surface area contributed by atoms with Crippen LogP contribution in [-0.2, 0) is 9.63 Å². The van der Waals surface area contributed by atoms with Crippen molar-refractivity contribution in [2.75, 3.05) is 19.7 Å². The maximum atomic E-state index is 11.4. The van der Waals surface area contributed by atoms with Crippen molar-refractivity contribution in [1.29, 1.82) is 0 Å². The zero-order valence-electron chi connectivity index (χ0n) is 8.73. The van der Waals surface area contributed by atoms with Gasteiger partial charge < -0.3 is 10.0 Å². The molecule has 6 heteroatoms. The molecule has 1 aliphatic carbocycles. The smallest absolute Gasteiger partial charge is 0.341 e. The standard InChI is InChI=1S/C9H16N2O4/c1-2-11(5-7-3-4-7)9(14)10-15-6-8(12)13/h7H,2-6H2,1H3,(H,10,14)(H,12,13). The summed E-state index contributed by atoms with van der Waals surface area (Å²) in [6.07, 6.45) is 2.33. The van der Waals surface area contributed by atoms with E-state index in [1.54, 1.807) is 4.90 Å². The minimum atomic E-state index is -1.11. The van der Waals surface area contributed by atoms with Crippen molar-refractivity contribution < 1.29 is 19.5 Å². The lowest BCUT2D eigenvalue weighted by molar-refractivity contribution is -0.144. The van der Waals surface area contributed by atoms with Crippen molar-refractivity contribution in [3.63, 3.8) is 0 Å². The molecule has 0 saturated heterocycles. The summed E-state index contributed by atoms with van der Waals surface area (Å²) in [6, 6.07) is -0.370. The van der Waals surface area contributed by atoms with Crippen molar-refractivity contribution in [1.82, 2.24) is 10.4 Å². The second-order valence-electron chi connectivity index (χ2n) is 3.57. The topological polar surface area (TPSA) is 78.9 Å². The Labute approximate surface area is 88.1 Å². The van der Waals surface area contributed by atoms with Crippen LogP contribution >= 0.6 is 0 Å². The van der Waals surface area contributed by atoms with Crippen LogP contribution < -0.4 is 5.48 Å². The number of carboxylic acid groups (broad SMARTS) is 1. The van der Waals surface area contributed by atoms with E-state index in [2.05, 4.69) is 10.3 Å². The fourth-order valence-corrected chi connectivity index (χ4v) is 1.19. The molecule has 0 aromatic rings. The number of hydrogen-bond donors (Lipinski definition) is 2. The van der Waals surface area contributed by atoms with Crippen molar-refractivity contribution in [3.8, 4) is 0 Å². The molecule has 0 heterocycles. The summed E-state index contributed by atoms with van der Waals surface area (Å²) in [5.74, 6) is -0.504. The van der Waals surface area contributed by atoms with E-state index in [1.807, 2.05) is 6.92 Å². The number of carboxylic acids is 1. The third-order valence-corrected chi connectivity index (χ3v) is 2.20. The van der Waals surface area contributed by atoms with Gasteiger partial charge in [0, 0.05) is 13.1 Å². The number of rotatable bonds is 6. The molecule has 86 valence electrons. The van der Waals surface area contributed by atoms with Crippen LogP contribution in [0.5, 0.6) is 0 Å². The molecule has 2 N–H and O–H groups in total. The second-order valence-corrected chi connectivity index (χ2v) is 3.57. The van der Waals surface area contributed by atoms with E-state index in [1.165, 1.54) is 12.8 Å². The Hall–Kier alpha value is -1.30. The number of nitrogens with zero attached hydrogens (tertiary/aromatic N) is 1. The molecule has 0 unspecified atom stereocenters. The van der Waals surface area contributed by atoms with E-state index in [-0.39, 0.29) is 6.03 Å². The third-order valence-electron chi connectivity index (χ3n) is 2.20. The van der Waals surface area contributed by atoms with Gasteiger partial charge in [0.1, 0.15) is 0 Å². The fourth-order valence-electron chi connectivity index (χ4n) is 1.19. The quantitative estimate of drug-likeness (QED) is 0.631. The van der Waals surface area contributed by atoms with E-state index in [9.17, 15) is 9.59 Å². The van der Waals surface area contributed by atoms with Crippen LogP contribution in [0.1, 0.15) is 19.8 Å². The molecule has 0 aliphatic heterocycles. The van der Waals surface area contributed by atoms with Crippen molar-refractivity contribution in [3.05, 3.63) is 0 Å². The molecule has 0 aromatic carbocycles. The number of amides is 2. The monoisotopic (exact) mass is 216 g/mol. The van der Waals surface area contributed by atoms with Gasteiger partial charge in [0.2, 0.25) is 0 Å². The predicted molar refractivity (Wildman–Crippen MR) is 52.1 cm³/mol. The molecule has 2 amide bonds. The third kappa shape index (κ3) is 4.64. The zero-order chi connectivity index (χ0) is 11.3. The number of aliphatic carboxylic acids is 1. The Kier molecular flexibility index (Phi) is 4.36. The molecule has 0 aromatic heterocycles. The Morgan fingerprint density at radius 3 is 2.67 bits per heavy atom. The minimum Gasteiger partial charge on any atom is -0.479 e. The fraction of sp³-hybridized carbons (Fsp3) is 0.778. The number of nitrogens with one attached hydrogen (secondary N) is 1. The Balaban J connectivity index is 2.19. The average molecular weight is 216 g/mol. The van der Waals surface area contributed by atoms with Crippen molar-refractivity contribution >= 4 is 12.0 Å². The lowest BCUT2D eigenvalue weighted by atomic mass is 10.4. The molecular weight excluding hydrogens is 200 g/mol. The van der Waals surface area contributed by atoms with Gasteiger partial charge in [-0.2, -0.15) is 0 Å². The van der Waals surface area contributed by atoms with E-state index in [0.717, 1.165) is 6.54 Å². The summed E-state index contributed by atoms with van der Waals surface area (Å²) >= 11 is 0. The highest BCUT2D eigenvalue weighted by molar-refractivity contribution is 5.73. The van der Waals surface area contributed by atoms with Gasteiger partial charge in [0.25, 0.3) is 0 Å². The zero-order valence-corrected chi connectivity index (χ0v) is 8.73. The van der Waals surface area contributed by atoms with Crippen LogP contribution in [-0.4, -0.2) is 41.7 Å². The largest absolute Gasteiger partial charge is 0.479 e. The highest BCUT2D eigenvalue weighted by Gasteiger charge is 2.25. The molecule has 1 saturated carbocycles. The summed E-state index contributed by atoms with van der Waals surface area (Å²) in [4.78, 5) is 27.6. The molecule has 0 bridgehead atoms. The number of carbonyl (C=O) groups excluding carboxylic acids is 1. The van der Waals surface area contributed by atoms with Crippen LogP contribution in [0.2, 0.25) is 0 Å². The Morgan fingerprint density at radius 1 is 1.53 bits per heavy atom. The molecule has 0 atom stereocenters. The number of carbonyl (C=O) groups is 2. The van der Waals surface area contributed by atoms with Gasteiger partial charge in [-0.25, -0.2) is 15.1 Å². The van der Waals surface area contributed by atoms with Crippen molar-refractivity contribution in [2.24, 2.45) is 5.92 Å². The highest BCUT2D eigenvalue weighted by Crippen LogP contribution is 2.29. The first-order valence-electron chi connectivity index (χ1n) is 5.02. The maximum Gasteiger partial charge on any atom is 0.341 e. The first-order chi connectivity index (χ1) is 7.13. The van der Waals surface area contributed by atoms with E-state index < -0.39 is 12.6 Å². The van der Waals surface area contributed by atoms with E-state index >= 15 is 0 Å². The normalized spacial score (nSPS) is 14.7. The first-order valence-corrected chi connectivity index (χ1v) is 5.02. The Bertz CT molecular complexity index is 240. The summed E-state index contributed by atoms with van der Waals surface area (Å²) in [5.41, 5.74) is 2.10. The average Bonchev–Trinajstić information content (AvgIpc) is 2.96. The highest BCUT2D eigenvalue weighted by atomic mass is 16.7. The van der Waals surface area contributed by atoms with Gasteiger partial charge in [0.15, 0.2) is 6.61 Å². The van der Waals surface area contributed by atoms with Gasteiger partial charge >= 0.3 is 12.0 Å². The molecule has 1 fully saturated rings. The first kappa shape index (κ1) is 11.8. The predicted octanol–water partition coefficient (Wildman–Crippen LogP) is 0.444. The lowest BCUT2D eigenvalue weighted by Crippen LogP contribution is -2.41. The molecule has 1 rings (SSSR count). The minimum absolute atomic E-state index is 0.370. The SMILES string of the molecule is CCN(CC1CC1)C(=O)NOCC(=O)O. The van der Waals surface area contributed by atoms with Crippen LogP contribution in [0.4, 0.5) is 4.79 Å². The molecule has 15 heavy (non-hydrogen) atoms. The van der Waals surface area contributed by atoms with E-state index in [0.29, 0.717) is 12.5 Å². The van der Waals surface area contributed by atoms with Crippen LogP contribution in [0.3, 0.4) is 0 Å². The summed E-state index contributed by atoms with van der Waals surface area (Å²) in [7, 11) is 0. The summed E-state index contributed by atoms with van der Waals surface area (Å²) < 4.78 is 0. The number of urea groups is 1. The number of hydroxylamine groups is 1. The maximum absolute atomic E-state index is 11.4. The lowest BCUT2D eigenvalue weighted by Gasteiger charge is -2.20. The molecule has 0 radical (unpaired) electrons. The van der Waals surface area contributed by atoms with Gasteiger partial charge in [-0.3, -0.25) is 4.84 Å². The van der Waals surface area contributed by atoms with Crippen LogP contribution in [0.15, 0.2) is 0 Å². The van der Waals surface area contributed by atoms with Gasteiger partial charge in [-0.1, -0.05) is 0 Å². The van der Waals surface area contributed by atoms with Crippen LogP contribution in [0, 0.1) is 5.92 Å². The molecule has 0 spiro atoms. The van der Waals surface area contributed by atoms with Crippen LogP contribution in [0.25, 0.3) is 0 Å². The molecule has 1 aliphatic rings. The summed E-state index contributed by atoms with van der Waals surface area (Å²) in [5, 5.41) is 8.29. The van der Waals surface area contributed by atoms with E-state index in [4.69, 9.17) is 5.11 Å². The Morgan fingerprint density at radius 2 is 2.20 bits per heavy atom. The van der Waals surface area contributed by atoms with Gasteiger partial charge in [-0.15, -0.1) is 0 Å². The number of hydrogen-bond acceptors (Lipinski definition) is 3. The van der Waals surface area contributed by atoms with Gasteiger partial charge in [-0.05, 0) is 25.7 Å². The van der Waals surface area contributed by atoms with Crippen molar-refractivity contribution in [2.45, 2.75) is 19.8 Å².